The summed E-state index contributed by atoms with van der Waals surface area (Å²) in [6, 6.07) is 1.88. The lowest BCUT2D eigenvalue weighted by atomic mass is 10.3. The van der Waals surface area contributed by atoms with E-state index < -0.39 is 0 Å². The molecule has 2 rings (SSSR count). The lowest BCUT2D eigenvalue weighted by molar-refractivity contribution is 1.20. The van der Waals surface area contributed by atoms with E-state index in [0.29, 0.717) is 11.3 Å². The van der Waals surface area contributed by atoms with Crippen LogP contribution in [0.5, 0.6) is 0 Å². The lowest BCUT2D eigenvalue weighted by Crippen LogP contribution is -1.95. The monoisotopic (exact) mass is 272 g/mol. The number of nitrogen functional groups attached to an aromatic ring is 1. The Morgan fingerprint density at radius 2 is 2.00 bits per heavy atom. The number of halogens is 1. The van der Waals surface area contributed by atoms with Gasteiger partial charge in [-0.1, -0.05) is 0 Å². The van der Waals surface area contributed by atoms with Gasteiger partial charge < -0.3 is 5.73 Å². The van der Waals surface area contributed by atoms with Gasteiger partial charge in [0.05, 0.1) is 0 Å². The minimum absolute atomic E-state index is 0.429. The molecule has 0 bridgehead atoms. The van der Waals surface area contributed by atoms with Crippen LogP contribution < -0.4 is 5.73 Å². The van der Waals surface area contributed by atoms with Crippen LogP contribution >= 0.6 is 22.6 Å². The molecule has 2 aromatic heterocycles. The third kappa shape index (κ3) is 1.09. The van der Waals surface area contributed by atoms with E-state index >= 15 is 0 Å². The summed E-state index contributed by atoms with van der Waals surface area (Å²) in [7, 11) is 0. The number of fused-ring (bicyclic) bond motifs is 1. The van der Waals surface area contributed by atoms with Crippen molar-refractivity contribution in [2.75, 3.05) is 5.73 Å². The predicted octanol–water partition coefficient (Wildman–Crippen LogP) is 1.21. The van der Waals surface area contributed by atoms with Crippen molar-refractivity contribution in [2.45, 2.75) is 0 Å². The molecule has 60 valence electrons. The highest BCUT2D eigenvalue weighted by Crippen LogP contribution is 2.18. The highest BCUT2D eigenvalue weighted by atomic mass is 127. The van der Waals surface area contributed by atoms with Gasteiger partial charge in [-0.15, -0.1) is 0 Å². The van der Waals surface area contributed by atoms with Crippen LogP contribution in [-0.2, 0) is 0 Å². The van der Waals surface area contributed by atoms with Gasteiger partial charge in [-0.05, 0) is 28.7 Å². The molecule has 0 saturated heterocycles. The van der Waals surface area contributed by atoms with E-state index in [9.17, 15) is 0 Å². The van der Waals surface area contributed by atoms with Gasteiger partial charge in [-0.3, -0.25) is 4.98 Å². The van der Waals surface area contributed by atoms with Gasteiger partial charge >= 0.3 is 0 Å². The second kappa shape index (κ2) is 2.81. The maximum absolute atomic E-state index is 5.61. The summed E-state index contributed by atoms with van der Waals surface area (Å²) in [5.41, 5.74) is 7.09. The van der Waals surface area contributed by atoms with Crippen molar-refractivity contribution in [3.63, 3.8) is 0 Å². The van der Waals surface area contributed by atoms with E-state index in [2.05, 4.69) is 37.5 Å². The quantitative estimate of drug-likeness (QED) is 0.732. The molecule has 5 heteroatoms. The SMILES string of the molecule is Nc1ncnc2c(I)ccnc12. The molecular weight excluding hydrogens is 267 g/mol. The van der Waals surface area contributed by atoms with E-state index in [0.717, 1.165) is 9.09 Å². The average Bonchev–Trinajstić information content (AvgIpc) is 2.07. The van der Waals surface area contributed by atoms with Crippen LogP contribution in [0.15, 0.2) is 18.6 Å². The van der Waals surface area contributed by atoms with Crippen molar-refractivity contribution in [3.05, 3.63) is 22.2 Å². The summed E-state index contributed by atoms with van der Waals surface area (Å²) in [6.07, 6.45) is 3.14. The Morgan fingerprint density at radius 3 is 2.75 bits per heavy atom. The largest absolute Gasteiger partial charge is 0.382 e. The van der Waals surface area contributed by atoms with Gasteiger partial charge in [-0.25, -0.2) is 9.97 Å². The molecule has 2 aromatic rings. The number of hydrogen-bond acceptors (Lipinski definition) is 4. The zero-order valence-electron chi connectivity index (χ0n) is 6.03. The normalized spacial score (nSPS) is 10.4. The van der Waals surface area contributed by atoms with E-state index in [-0.39, 0.29) is 0 Å². The highest BCUT2D eigenvalue weighted by Gasteiger charge is 2.03. The van der Waals surface area contributed by atoms with Crippen molar-refractivity contribution in [1.82, 2.24) is 15.0 Å². The van der Waals surface area contributed by atoms with Gasteiger partial charge in [-0.2, -0.15) is 0 Å². The zero-order valence-corrected chi connectivity index (χ0v) is 8.19. The minimum Gasteiger partial charge on any atom is -0.382 e. The molecule has 0 radical (unpaired) electrons. The van der Waals surface area contributed by atoms with Crippen LogP contribution in [0.3, 0.4) is 0 Å². The molecule has 0 unspecified atom stereocenters. The van der Waals surface area contributed by atoms with Gasteiger partial charge in [0.1, 0.15) is 17.4 Å². The molecule has 0 aliphatic heterocycles. The third-order valence-corrected chi connectivity index (χ3v) is 2.37. The number of nitrogens with two attached hydrogens (primary N) is 1. The van der Waals surface area contributed by atoms with Crippen LogP contribution in [-0.4, -0.2) is 15.0 Å². The first kappa shape index (κ1) is 7.66. The van der Waals surface area contributed by atoms with Crippen LogP contribution in [0.4, 0.5) is 5.82 Å². The van der Waals surface area contributed by atoms with Gasteiger partial charge in [0.25, 0.3) is 0 Å². The highest BCUT2D eigenvalue weighted by molar-refractivity contribution is 14.1. The van der Waals surface area contributed by atoms with E-state index in [1.54, 1.807) is 6.20 Å². The Balaban J connectivity index is 2.94. The molecule has 0 fully saturated rings. The first-order valence-corrected chi connectivity index (χ1v) is 4.37. The summed E-state index contributed by atoms with van der Waals surface area (Å²) >= 11 is 2.19. The molecule has 0 amide bonds. The first-order valence-electron chi connectivity index (χ1n) is 3.30. The second-order valence-corrected chi connectivity index (χ2v) is 3.41. The number of hydrogen-bond donors (Lipinski definition) is 1. The summed E-state index contributed by atoms with van der Waals surface area (Å²) < 4.78 is 1.03. The second-order valence-electron chi connectivity index (χ2n) is 2.25. The number of pyridine rings is 1. The van der Waals surface area contributed by atoms with Crippen molar-refractivity contribution >= 4 is 39.4 Å². The fourth-order valence-corrected chi connectivity index (χ4v) is 1.51. The molecule has 0 aliphatic carbocycles. The topological polar surface area (TPSA) is 64.7 Å². The average molecular weight is 272 g/mol. The molecule has 0 aromatic carbocycles. The number of nitrogens with zero attached hydrogens (tertiary/aromatic N) is 3. The van der Waals surface area contributed by atoms with E-state index in [1.165, 1.54) is 6.33 Å². The maximum atomic E-state index is 5.61. The standard InChI is InChI=1S/C7H5IN4/c8-4-1-2-10-6-5(4)11-3-12-7(6)9/h1-3H,(H2,9,11,12). The van der Waals surface area contributed by atoms with Crippen molar-refractivity contribution in [2.24, 2.45) is 0 Å². The summed E-state index contributed by atoms with van der Waals surface area (Å²) in [4.78, 5) is 12.0. The number of rotatable bonds is 0. The fourth-order valence-electron chi connectivity index (χ4n) is 0.951. The Labute approximate surface area is 82.4 Å². The predicted molar refractivity (Wildman–Crippen MR) is 54.5 cm³/mol. The van der Waals surface area contributed by atoms with Gasteiger partial charge in [0.2, 0.25) is 0 Å². The number of anilines is 1. The Kier molecular flexibility index (Phi) is 1.80. The van der Waals surface area contributed by atoms with Crippen molar-refractivity contribution in [3.8, 4) is 0 Å². The first-order chi connectivity index (χ1) is 5.79. The van der Waals surface area contributed by atoms with Crippen LogP contribution in [0, 0.1) is 3.57 Å². The Bertz CT molecular complexity index is 387. The van der Waals surface area contributed by atoms with E-state index in [4.69, 9.17) is 5.73 Å². The van der Waals surface area contributed by atoms with Crippen LogP contribution in [0.2, 0.25) is 0 Å². The smallest absolute Gasteiger partial charge is 0.153 e. The van der Waals surface area contributed by atoms with E-state index in [1.807, 2.05) is 6.07 Å². The van der Waals surface area contributed by atoms with Gasteiger partial charge in [0, 0.05) is 9.77 Å². The molecule has 0 saturated carbocycles. The molecule has 12 heavy (non-hydrogen) atoms. The van der Waals surface area contributed by atoms with Crippen LogP contribution in [0.25, 0.3) is 11.0 Å². The number of aromatic nitrogens is 3. The fraction of sp³-hybridized carbons (Fsp3) is 0. The van der Waals surface area contributed by atoms with Gasteiger partial charge in [0.15, 0.2) is 5.82 Å². The summed E-state index contributed by atoms with van der Waals surface area (Å²) in [6.45, 7) is 0. The summed E-state index contributed by atoms with van der Waals surface area (Å²) in [5.74, 6) is 0.429. The molecule has 0 spiro atoms. The molecule has 4 nitrogen and oxygen atoms in total. The maximum Gasteiger partial charge on any atom is 0.153 e. The molecule has 2 N–H and O–H groups in total. The Hall–Kier alpha value is -0.980. The lowest BCUT2D eigenvalue weighted by Gasteiger charge is -1.99. The third-order valence-electron chi connectivity index (χ3n) is 1.50. The van der Waals surface area contributed by atoms with Crippen LogP contribution in [0.1, 0.15) is 0 Å². The minimum atomic E-state index is 0.429. The Morgan fingerprint density at radius 1 is 1.17 bits per heavy atom. The molecule has 0 aliphatic rings. The van der Waals surface area contributed by atoms with Crippen molar-refractivity contribution in [1.29, 1.82) is 0 Å². The summed E-state index contributed by atoms with van der Waals surface area (Å²) in [5, 5.41) is 0. The molecular formula is C7H5IN4. The zero-order chi connectivity index (χ0) is 8.55. The molecule has 2 heterocycles. The molecule has 0 atom stereocenters. The van der Waals surface area contributed by atoms with Crippen molar-refractivity contribution < 1.29 is 0 Å².